The van der Waals surface area contributed by atoms with Crippen molar-refractivity contribution in [3.8, 4) is 0 Å². The summed E-state index contributed by atoms with van der Waals surface area (Å²) in [5.74, 6) is -0.877. The minimum Gasteiger partial charge on any atom is -0.519 e. The summed E-state index contributed by atoms with van der Waals surface area (Å²) in [4.78, 5) is 25.4. The van der Waals surface area contributed by atoms with Gasteiger partial charge in [-0.1, -0.05) is 86.3 Å². The Hall–Kier alpha value is -1.10. The largest absolute Gasteiger partial charge is 0.519 e. The first-order chi connectivity index (χ1) is 14.4. The molecular formula is C26H50O4Si. The molecule has 0 saturated carbocycles. The number of hydrogen-bond donors (Lipinski definition) is 0. The number of unbranched alkanes of at least 4 members (excludes halogenated alkanes) is 5. The quantitative estimate of drug-likeness (QED) is 0.109. The van der Waals surface area contributed by atoms with Crippen LogP contribution < -0.4 is 0 Å². The Morgan fingerprint density at radius 3 is 2.06 bits per heavy atom. The van der Waals surface area contributed by atoms with Gasteiger partial charge in [0.25, 0.3) is 14.3 Å². The molecule has 0 saturated heterocycles. The van der Waals surface area contributed by atoms with Gasteiger partial charge in [-0.25, -0.2) is 0 Å². The minimum absolute atomic E-state index is 0.0386. The summed E-state index contributed by atoms with van der Waals surface area (Å²) in [6.07, 6.45) is 12.8. The van der Waals surface area contributed by atoms with E-state index in [1.165, 1.54) is 12.8 Å². The van der Waals surface area contributed by atoms with Crippen molar-refractivity contribution in [2.45, 2.75) is 130 Å². The van der Waals surface area contributed by atoms with Crippen molar-refractivity contribution >= 4 is 20.3 Å². The Labute approximate surface area is 193 Å². The molecule has 0 aromatic carbocycles. The van der Waals surface area contributed by atoms with Gasteiger partial charge in [0.15, 0.2) is 0 Å². The molecule has 0 heterocycles. The number of allylic oxidation sites excluding steroid dienone is 1. The zero-order valence-electron chi connectivity index (χ0n) is 21.9. The molecule has 31 heavy (non-hydrogen) atoms. The molecule has 0 aliphatic heterocycles. The third-order valence-electron chi connectivity index (χ3n) is 6.54. The maximum absolute atomic E-state index is 13.2. The van der Waals surface area contributed by atoms with E-state index in [0.29, 0.717) is 6.42 Å². The van der Waals surface area contributed by atoms with E-state index in [2.05, 4.69) is 59.9 Å². The summed E-state index contributed by atoms with van der Waals surface area (Å²) in [5, 5.41) is -0.0386. The van der Waals surface area contributed by atoms with Gasteiger partial charge in [0.2, 0.25) is 0 Å². The first-order valence-electron chi connectivity index (χ1n) is 12.5. The third-order valence-corrected chi connectivity index (χ3v) is 10.9. The van der Waals surface area contributed by atoms with Crippen molar-refractivity contribution < 1.29 is 18.8 Å². The highest BCUT2D eigenvalue weighted by atomic mass is 28.4. The van der Waals surface area contributed by atoms with Crippen LogP contribution >= 0.6 is 0 Å². The number of carbonyl (C=O) groups is 2. The van der Waals surface area contributed by atoms with Crippen LogP contribution in [-0.2, 0) is 18.8 Å². The second kappa shape index (κ2) is 14.9. The zero-order chi connectivity index (χ0) is 24.1. The van der Waals surface area contributed by atoms with Gasteiger partial charge in [-0.3, -0.25) is 9.59 Å². The zero-order valence-corrected chi connectivity index (χ0v) is 22.9. The molecule has 0 radical (unpaired) electrons. The van der Waals surface area contributed by atoms with Crippen molar-refractivity contribution in [3.63, 3.8) is 0 Å². The lowest BCUT2D eigenvalue weighted by Crippen LogP contribution is -2.45. The predicted molar refractivity (Wildman–Crippen MR) is 134 cm³/mol. The first kappa shape index (κ1) is 29.9. The molecule has 0 aromatic rings. The lowest BCUT2D eigenvalue weighted by molar-refractivity contribution is -0.155. The molecule has 0 N–H and O–H groups in total. The van der Waals surface area contributed by atoms with Crippen molar-refractivity contribution in [1.29, 1.82) is 0 Å². The van der Waals surface area contributed by atoms with Crippen molar-refractivity contribution in [2.75, 3.05) is 0 Å². The highest BCUT2D eigenvalue weighted by molar-refractivity contribution is 6.75. The second-order valence-corrected chi connectivity index (χ2v) is 15.1. The van der Waals surface area contributed by atoms with Crippen LogP contribution in [-0.4, -0.2) is 26.4 Å². The molecule has 0 amide bonds. The molecule has 0 rings (SSSR count). The molecule has 0 spiro atoms. The molecule has 0 bridgehead atoms. The summed E-state index contributed by atoms with van der Waals surface area (Å²) in [6.45, 7) is 18.7. The Balaban J connectivity index is 5.67. The molecule has 0 aliphatic carbocycles. The average Bonchev–Trinajstić information content (AvgIpc) is 2.68. The van der Waals surface area contributed by atoms with Gasteiger partial charge in [0.05, 0.1) is 5.92 Å². The Morgan fingerprint density at radius 1 is 0.968 bits per heavy atom. The van der Waals surface area contributed by atoms with Crippen LogP contribution in [0.5, 0.6) is 0 Å². The predicted octanol–water partition coefficient (Wildman–Crippen LogP) is 7.83. The van der Waals surface area contributed by atoms with Crippen molar-refractivity contribution in [3.05, 3.63) is 12.2 Å². The number of carbonyl (C=O) groups excluding carboxylic acids is 2. The number of rotatable bonds is 15. The van der Waals surface area contributed by atoms with Gasteiger partial charge >= 0.3 is 5.97 Å². The van der Waals surface area contributed by atoms with E-state index in [9.17, 15) is 9.59 Å². The monoisotopic (exact) mass is 454 g/mol. The Kier molecular flexibility index (Phi) is 14.3. The lowest BCUT2D eigenvalue weighted by atomic mass is 9.85. The topological polar surface area (TPSA) is 52.6 Å². The fraction of sp³-hybridized carbons (Fsp3) is 0.846. The van der Waals surface area contributed by atoms with Gasteiger partial charge in [-0.15, -0.1) is 0 Å². The minimum atomic E-state index is -2.21. The van der Waals surface area contributed by atoms with Crippen molar-refractivity contribution in [1.82, 2.24) is 0 Å². The molecule has 3 atom stereocenters. The highest BCUT2D eigenvalue weighted by Crippen LogP contribution is 2.38. The molecule has 0 unspecified atom stereocenters. The van der Waals surface area contributed by atoms with Gasteiger partial charge < -0.3 is 9.16 Å². The summed E-state index contributed by atoms with van der Waals surface area (Å²) in [6, 6.07) is 0. The van der Waals surface area contributed by atoms with Gasteiger partial charge in [-0.05, 0) is 43.8 Å². The normalized spacial score (nSPS) is 15.5. The lowest BCUT2D eigenvalue weighted by Gasteiger charge is -2.37. The van der Waals surface area contributed by atoms with Crippen LogP contribution in [0.15, 0.2) is 12.2 Å². The number of esters is 1. The van der Waals surface area contributed by atoms with E-state index in [-0.39, 0.29) is 34.9 Å². The average molecular weight is 455 g/mol. The van der Waals surface area contributed by atoms with E-state index in [4.69, 9.17) is 9.16 Å². The van der Waals surface area contributed by atoms with Gasteiger partial charge in [0, 0.05) is 12.3 Å². The maximum Gasteiger partial charge on any atom is 0.305 e. The summed E-state index contributed by atoms with van der Waals surface area (Å²) < 4.78 is 12.0. The van der Waals surface area contributed by atoms with E-state index in [0.717, 1.165) is 38.5 Å². The molecular weight excluding hydrogens is 404 g/mol. The number of hydrogen-bond acceptors (Lipinski definition) is 4. The Bertz CT molecular complexity index is 548. The third kappa shape index (κ3) is 11.4. The van der Waals surface area contributed by atoms with Crippen molar-refractivity contribution in [2.24, 2.45) is 11.8 Å². The molecule has 0 aliphatic rings. The van der Waals surface area contributed by atoms with E-state index in [1.54, 1.807) is 0 Å². The molecule has 0 fully saturated rings. The molecule has 0 aromatic heterocycles. The Morgan fingerprint density at radius 2 is 1.55 bits per heavy atom. The van der Waals surface area contributed by atoms with E-state index < -0.39 is 8.32 Å². The fourth-order valence-electron chi connectivity index (χ4n) is 3.21. The van der Waals surface area contributed by atoms with E-state index >= 15 is 0 Å². The molecule has 5 heteroatoms. The standard InChI is InChI=1S/C26H50O4Si/c1-10-13-15-16-18-19-22(23(20-17-14-11-2)29-24(27)12-3)21(4)25(28)30-31(8,9)26(5,6)7/h18-19,21-23H,10-17,20H2,1-9H3/b19-18+/t21-,22-,23-/m0/s1. The molecule has 4 nitrogen and oxygen atoms in total. The van der Waals surface area contributed by atoms with Crippen LogP contribution in [0.3, 0.4) is 0 Å². The summed E-state index contributed by atoms with van der Waals surface area (Å²) in [7, 11) is -2.21. The van der Waals surface area contributed by atoms with E-state index in [1.807, 2.05) is 13.8 Å². The smallest absolute Gasteiger partial charge is 0.305 e. The first-order valence-corrected chi connectivity index (χ1v) is 15.4. The van der Waals surface area contributed by atoms with Crippen LogP contribution in [0, 0.1) is 11.8 Å². The second-order valence-electron chi connectivity index (χ2n) is 10.3. The van der Waals surface area contributed by atoms with Gasteiger partial charge in [0.1, 0.15) is 6.10 Å². The summed E-state index contributed by atoms with van der Waals surface area (Å²) >= 11 is 0. The summed E-state index contributed by atoms with van der Waals surface area (Å²) in [5.41, 5.74) is 0. The SMILES string of the molecule is CCCCC/C=C/[C@H]([C@H](CCCCC)OC(=O)CC)[C@H](C)C(=O)O[Si](C)(C)C(C)(C)C. The maximum atomic E-state index is 13.2. The van der Waals surface area contributed by atoms with Crippen LogP contribution in [0.1, 0.15) is 106 Å². The fourth-order valence-corrected chi connectivity index (χ4v) is 4.21. The van der Waals surface area contributed by atoms with Gasteiger partial charge in [-0.2, -0.15) is 0 Å². The number of ether oxygens (including phenoxy) is 1. The van der Waals surface area contributed by atoms with Crippen LogP contribution in [0.25, 0.3) is 0 Å². The van der Waals surface area contributed by atoms with Crippen LogP contribution in [0.4, 0.5) is 0 Å². The van der Waals surface area contributed by atoms with Crippen LogP contribution in [0.2, 0.25) is 18.1 Å². The highest BCUT2D eigenvalue weighted by Gasteiger charge is 2.42. The molecule has 182 valence electrons.